The average molecular weight is 222 g/mol. The quantitative estimate of drug-likeness (QED) is 0.816. The number of nitrogens with one attached hydrogen (secondary N) is 1. The number of nitrogens with two attached hydrogens (primary N) is 1. The third-order valence-corrected chi connectivity index (χ3v) is 3.17. The van der Waals surface area contributed by atoms with E-state index in [1.54, 1.807) is 6.26 Å². The van der Waals surface area contributed by atoms with Crippen LogP contribution in [0.25, 0.3) is 0 Å². The molecule has 1 aromatic heterocycles. The summed E-state index contributed by atoms with van der Waals surface area (Å²) in [6.07, 6.45) is 4.27. The van der Waals surface area contributed by atoms with E-state index in [4.69, 9.17) is 10.2 Å². The SMILES string of the molecule is CC(NC(=O)C1CCC(N)C1)c1ccco1. The average Bonchev–Trinajstić information content (AvgIpc) is 2.87. The van der Waals surface area contributed by atoms with Crippen LogP contribution in [0, 0.1) is 5.92 Å². The lowest BCUT2D eigenvalue weighted by Crippen LogP contribution is -2.32. The lowest BCUT2D eigenvalue weighted by atomic mass is 10.1. The molecule has 1 heterocycles. The standard InChI is InChI=1S/C12H18N2O2/c1-8(11-3-2-6-16-11)14-12(15)9-4-5-10(13)7-9/h2-3,6,8-10H,4-5,7,13H2,1H3,(H,14,15). The Kier molecular flexibility index (Phi) is 3.29. The molecule has 2 rings (SSSR count). The highest BCUT2D eigenvalue weighted by atomic mass is 16.3. The van der Waals surface area contributed by atoms with Gasteiger partial charge in [-0.1, -0.05) is 0 Å². The maximum Gasteiger partial charge on any atom is 0.223 e. The molecule has 0 radical (unpaired) electrons. The van der Waals surface area contributed by atoms with Crippen molar-refractivity contribution in [3.05, 3.63) is 24.2 Å². The van der Waals surface area contributed by atoms with Gasteiger partial charge in [0, 0.05) is 12.0 Å². The van der Waals surface area contributed by atoms with Crippen molar-refractivity contribution in [1.82, 2.24) is 5.32 Å². The van der Waals surface area contributed by atoms with Crippen molar-refractivity contribution in [1.29, 1.82) is 0 Å². The first kappa shape index (κ1) is 11.2. The van der Waals surface area contributed by atoms with Gasteiger partial charge in [-0.25, -0.2) is 0 Å². The second-order valence-corrected chi connectivity index (χ2v) is 4.52. The van der Waals surface area contributed by atoms with Crippen LogP contribution in [-0.2, 0) is 4.79 Å². The first-order chi connectivity index (χ1) is 7.66. The summed E-state index contributed by atoms with van der Waals surface area (Å²) >= 11 is 0. The van der Waals surface area contributed by atoms with E-state index in [0.717, 1.165) is 25.0 Å². The topological polar surface area (TPSA) is 68.3 Å². The molecule has 16 heavy (non-hydrogen) atoms. The number of hydrogen-bond donors (Lipinski definition) is 2. The van der Waals surface area contributed by atoms with Crippen LogP contribution in [-0.4, -0.2) is 11.9 Å². The molecule has 4 heteroatoms. The highest BCUT2D eigenvalue weighted by Gasteiger charge is 2.28. The van der Waals surface area contributed by atoms with Gasteiger partial charge in [0.2, 0.25) is 5.91 Å². The van der Waals surface area contributed by atoms with Gasteiger partial charge in [-0.3, -0.25) is 4.79 Å². The first-order valence-corrected chi connectivity index (χ1v) is 5.76. The van der Waals surface area contributed by atoms with Gasteiger partial charge >= 0.3 is 0 Å². The van der Waals surface area contributed by atoms with E-state index in [1.165, 1.54) is 0 Å². The Morgan fingerprint density at radius 3 is 3.00 bits per heavy atom. The summed E-state index contributed by atoms with van der Waals surface area (Å²) in [6, 6.07) is 3.81. The fourth-order valence-electron chi connectivity index (χ4n) is 2.19. The maximum absolute atomic E-state index is 11.9. The number of carbonyl (C=O) groups excluding carboxylic acids is 1. The van der Waals surface area contributed by atoms with E-state index in [9.17, 15) is 4.79 Å². The Bertz CT molecular complexity index is 348. The lowest BCUT2D eigenvalue weighted by molar-refractivity contribution is -0.125. The molecule has 1 aliphatic rings. The molecule has 1 amide bonds. The molecule has 0 bridgehead atoms. The molecule has 0 spiro atoms. The van der Waals surface area contributed by atoms with Gasteiger partial charge in [0.05, 0.1) is 12.3 Å². The molecular formula is C12H18N2O2. The minimum Gasteiger partial charge on any atom is -0.467 e. The van der Waals surface area contributed by atoms with Crippen LogP contribution in [0.5, 0.6) is 0 Å². The molecule has 0 aromatic carbocycles. The van der Waals surface area contributed by atoms with Crippen LogP contribution >= 0.6 is 0 Å². The molecule has 1 saturated carbocycles. The number of carbonyl (C=O) groups is 1. The molecule has 0 aliphatic heterocycles. The molecule has 1 aromatic rings. The molecule has 0 saturated heterocycles. The Morgan fingerprint density at radius 1 is 1.62 bits per heavy atom. The van der Waals surface area contributed by atoms with Crippen LogP contribution in [0.1, 0.15) is 38.0 Å². The zero-order valence-corrected chi connectivity index (χ0v) is 9.48. The van der Waals surface area contributed by atoms with Crippen LogP contribution in [0.15, 0.2) is 22.8 Å². The summed E-state index contributed by atoms with van der Waals surface area (Å²) in [5.41, 5.74) is 5.79. The molecule has 4 nitrogen and oxygen atoms in total. The number of rotatable bonds is 3. The minimum absolute atomic E-state index is 0.0701. The van der Waals surface area contributed by atoms with Gasteiger partial charge in [-0.05, 0) is 38.3 Å². The van der Waals surface area contributed by atoms with Crippen molar-refractivity contribution in [3.8, 4) is 0 Å². The third-order valence-electron chi connectivity index (χ3n) is 3.17. The second kappa shape index (κ2) is 4.70. The van der Waals surface area contributed by atoms with Gasteiger partial charge in [0.25, 0.3) is 0 Å². The van der Waals surface area contributed by atoms with Gasteiger partial charge in [0.15, 0.2) is 0 Å². The van der Waals surface area contributed by atoms with E-state index in [0.29, 0.717) is 0 Å². The first-order valence-electron chi connectivity index (χ1n) is 5.76. The molecule has 3 N–H and O–H groups in total. The second-order valence-electron chi connectivity index (χ2n) is 4.52. The number of furan rings is 1. The number of hydrogen-bond acceptors (Lipinski definition) is 3. The summed E-state index contributed by atoms with van der Waals surface area (Å²) in [7, 11) is 0. The van der Waals surface area contributed by atoms with Crippen LogP contribution in [0.2, 0.25) is 0 Å². The molecule has 1 aliphatic carbocycles. The summed E-state index contributed by atoms with van der Waals surface area (Å²) in [6.45, 7) is 1.92. The lowest BCUT2D eigenvalue weighted by Gasteiger charge is -2.15. The van der Waals surface area contributed by atoms with Crippen molar-refractivity contribution in [2.45, 2.75) is 38.3 Å². The highest BCUT2D eigenvalue weighted by molar-refractivity contribution is 5.79. The Morgan fingerprint density at radius 2 is 2.44 bits per heavy atom. The molecular weight excluding hydrogens is 204 g/mol. The van der Waals surface area contributed by atoms with Crippen molar-refractivity contribution in [3.63, 3.8) is 0 Å². The van der Waals surface area contributed by atoms with E-state index < -0.39 is 0 Å². The molecule has 3 unspecified atom stereocenters. The predicted molar refractivity (Wildman–Crippen MR) is 60.6 cm³/mol. The van der Waals surface area contributed by atoms with Crippen LogP contribution in [0.3, 0.4) is 0 Å². The summed E-state index contributed by atoms with van der Waals surface area (Å²) in [4.78, 5) is 11.9. The smallest absolute Gasteiger partial charge is 0.223 e. The molecule has 3 atom stereocenters. The largest absolute Gasteiger partial charge is 0.467 e. The van der Waals surface area contributed by atoms with Crippen molar-refractivity contribution < 1.29 is 9.21 Å². The van der Waals surface area contributed by atoms with Crippen molar-refractivity contribution >= 4 is 5.91 Å². The van der Waals surface area contributed by atoms with Crippen LogP contribution in [0.4, 0.5) is 0 Å². The summed E-state index contributed by atoms with van der Waals surface area (Å²) in [5.74, 6) is 0.958. The molecule has 1 fully saturated rings. The fraction of sp³-hybridized carbons (Fsp3) is 0.583. The normalized spacial score (nSPS) is 26.6. The fourth-order valence-corrected chi connectivity index (χ4v) is 2.19. The Balaban J connectivity index is 1.88. The maximum atomic E-state index is 11.9. The van der Waals surface area contributed by atoms with Gasteiger partial charge in [0.1, 0.15) is 5.76 Å². The zero-order valence-electron chi connectivity index (χ0n) is 9.48. The van der Waals surface area contributed by atoms with Crippen molar-refractivity contribution in [2.75, 3.05) is 0 Å². The van der Waals surface area contributed by atoms with Gasteiger partial charge in [-0.2, -0.15) is 0 Å². The van der Waals surface area contributed by atoms with Gasteiger partial charge in [-0.15, -0.1) is 0 Å². The minimum atomic E-state index is -0.0701. The predicted octanol–water partition coefficient (Wildman–Crippen LogP) is 1.58. The highest BCUT2D eigenvalue weighted by Crippen LogP contribution is 2.25. The Hall–Kier alpha value is -1.29. The van der Waals surface area contributed by atoms with E-state index in [-0.39, 0.29) is 23.9 Å². The van der Waals surface area contributed by atoms with E-state index in [1.807, 2.05) is 19.1 Å². The third kappa shape index (κ3) is 2.44. The number of amides is 1. The monoisotopic (exact) mass is 222 g/mol. The summed E-state index contributed by atoms with van der Waals surface area (Å²) < 4.78 is 5.24. The van der Waals surface area contributed by atoms with E-state index >= 15 is 0 Å². The van der Waals surface area contributed by atoms with Crippen molar-refractivity contribution in [2.24, 2.45) is 11.7 Å². The Labute approximate surface area is 95.2 Å². The zero-order chi connectivity index (χ0) is 11.5. The van der Waals surface area contributed by atoms with E-state index in [2.05, 4.69) is 5.32 Å². The van der Waals surface area contributed by atoms with Crippen LogP contribution < -0.4 is 11.1 Å². The molecule has 88 valence electrons. The summed E-state index contributed by atoms with van der Waals surface area (Å²) in [5, 5.41) is 2.96. The van der Waals surface area contributed by atoms with Gasteiger partial charge < -0.3 is 15.5 Å².